The van der Waals surface area contributed by atoms with Gasteiger partial charge in [-0.25, -0.2) is 4.79 Å². The second kappa shape index (κ2) is 8.08. The normalized spacial score (nSPS) is 15.5. The van der Waals surface area contributed by atoms with E-state index in [9.17, 15) is 4.79 Å². The number of nitrogens with zero attached hydrogens (tertiary/aromatic N) is 1. The molecule has 6 nitrogen and oxygen atoms in total. The third-order valence-electron chi connectivity index (χ3n) is 3.50. The van der Waals surface area contributed by atoms with E-state index in [2.05, 4.69) is 4.98 Å². The van der Waals surface area contributed by atoms with Gasteiger partial charge in [0.2, 0.25) is 11.5 Å². The molecule has 0 amide bonds. The summed E-state index contributed by atoms with van der Waals surface area (Å²) >= 11 is 0. The van der Waals surface area contributed by atoms with E-state index in [4.69, 9.17) is 18.6 Å². The maximum Gasteiger partial charge on any atom is 0.374 e. The molecular formula is C18H23NO5. The second-order valence-electron chi connectivity index (χ2n) is 4.96. The van der Waals surface area contributed by atoms with Crippen LogP contribution in [0.25, 0.3) is 11.1 Å². The van der Waals surface area contributed by atoms with Crippen LogP contribution in [0.2, 0.25) is 0 Å². The van der Waals surface area contributed by atoms with Gasteiger partial charge in [0.25, 0.3) is 0 Å². The van der Waals surface area contributed by atoms with E-state index in [1.807, 2.05) is 32.9 Å². The summed E-state index contributed by atoms with van der Waals surface area (Å²) in [6.45, 7) is 8.98. The van der Waals surface area contributed by atoms with E-state index in [1.54, 1.807) is 19.2 Å². The standard InChI is InChI=1S/C16H17NO5.C2H6/c1-3-19-15(18)14-12(6-7-20-14)11-4-5-13(17-10-11)16(2)21-8-9-22-16;1-2/h4-7,10H,3,8-9H2,1-2H3;1-2H3. The Balaban J connectivity index is 0.00000100. The number of carbonyl (C=O) groups is 1. The van der Waals surface area contributed by atoms with E-state index in [1.165, 1.54) is 6.26 Å². The van der Waals surface area contributed by atoms with E-state index in [0.29, 0.717) is 31.1 Å². The highest BCUT2D eigenvalue weighted by atomic mass is 16.7. The third-order valence-corrected chi connectivity index (χ3v) is 3.50. The first-order chi connectivity index (χ1) is 11.6. The maximum absolute atomic E-state index is 11.9. The SMILES string of the molecule is CC.CCOC(=O)c1occc1-c1ccc(C2(C)OCCO2)nc1. The largest absolute Gasteiger partial charge is 0.460 e. The predicted octanol–water partition coefficient (Wildman–Crippen LogP) is 3.76. The molecule has 0 saturated carbocycles. The first kappa shape index (κ1) is 18.2. The van der Waals surface area contributed by atoms with E-state index < -0.39 is 11.8 Å². The van der Waals surface area contributed by atoms with Gasteiger partial charge >= 0.3 is 5.97 Å². The average molecular weight is 333 g/mol. The fourth-order valence-corrected chi connectivity index (χ4v) is 2.38. The van der Waals surface area contributed by atoms with Gasteiger partial charge in [-0.2, -0.15) is 0 Å². The highest BCUT2D eigenvalue weighted by Gasteiger charge is 2.34. The van der Waals surface area contributed by atoms with Gasteiger partial charge in [0.1, 0.15) is 0 Å². The zero-order valence-electron chi connectivity index (χ0n) is 14.5. The molecule has 0 N–H and O–H groups in total. The Kier molecular flexibility index (Phi) is 6.11. The van der Waals surface area contributed by atoms with E-state index >= 15 is 0 Å². The van der Waals surface area contributed by atoms with Gasteiger partial charge in [-0.05, 0) is 26.0 Å². The molecule has 0 aromatic carbocycles. The Bertz CT molecular complexity index is 656. The van der Waals surface area contributed by atoms with Crippen molar-refractivity contribution < 1.29 is 23.4 Å². The van der Waals surface area contributed by atoms with Crippen LogP contribution in [0.1, 0.15) is 43.9 Å². The number of pyridine rings is 1. The van der Waals surface area contributed by atoms with E-state index in [-0.39, 0.29) is 5.76 Å². The van der Waals surface area contributed by atoms with Crippen molar-refractivity contribution in [1.29, 1.82) is 0 Å². The minimum atomic E-state index is -0.807. The highest BCUT2D eigenvalue weighted by molar-refractivity contribution is 5.94. The lowest BCUT2D eigenvalue weighted by molar-refractivity contribution is -0.152. The molecule has 130 valence electrons. The van der Waals surface area contributed by atoms with Crippen molar-refractivity contribution in [1.82, 2.24) is 4.98 Å². The summed E-state index contributed by atoms with van der Waals surface area (Å²) in [6.07, 6.45) is 3.12. The van der Waals surface area contributed by atoms with Gasteiger partial charge < -0.3 is 18.6 Å². The molecule has 0 radical (unpaired) electrons. The van der Waals surface area contributed by atoms with Crippen molar-refractivity contribution in [2.75, 3.05) is 19.8 Å². The molecule has 1 fully saturated rings. The minimum Gasteiger partial charge on any atom is -0.460 e. The quantitative estimate of drug-likeness (QED) is 0.793. The summed E-state index contributed by atoms with van der Waals surface area (Å²) in [5.41, 5.74) is 2.10. The first-order valence-electron chi connectivity index (χ1n) is 8.13. The molecule has 1 saturated heterocycles. The van der Waals surface area contributed by atoms with Gasteiger partial charge in [0, 0.05) is 17.3 Å². The zero-order chi connectivity index (χ0) is 17.6. The van der Waals surface area contributed by atoms with Crippen LogP contribution in [0.5, 0.6) is 0 Å². The molecule has 0 unspecified atom stereocenters. The van der Waals surface area contributed by atoms with Crippen LogP contribution in [-0.4, -0.2) is 30.8 Å². The van der Waals surface area contributed by atoms with Gasteiger partial charge in [-0.15, -0.1) is 0 Å². The van der Waals surface area contributed by atoms with Crippen molar-refractivity contribution in [2.45, 2.75) is 33.5 Å². The third kappa shape index (κ3) is 3.66. The predicted molar refractivity (Wildman–Crippen MR) is 88.5 cm³/mol. The van der Waals surface area contributed by atoms with Crippen molar-refractivity contribution in [3.05, 3.63) is 42.1 Å². The van der Waals surface area contributed by atoms with Crippen LogP contribution in [0.4, 0.5) is 0 Å². The van der Waals surface area contributed by atoms with Gasteiger partial charge in [0.15, 0.2) is 0 Å². The number of esters is 1. The molecule has 0 spiro atoms. The Morgan fingerprint density at radius 1 is 1.25 bits per heavy atom. The summed E-state index contributed by atoms with van der Waals surface area (Å²) in [5.74, 6) is -1.12. The smallest absolute Gasteiger partial charge is 0.374 e. The van der Waals surface area contributed by atoms with Gasteiger partial charge in [0.05, 0.1) is 31.8 Å². The fraction of sp³-hybridized carbons (Fsp3) is 0.444. The lowest BCUT2D eigenvalue weighted by atomic mass is 10.1. The number of carbonyl (C=O) groups excluding carboxylic acids is 1. The maximum atomic E-state index is 11.9. The summed E-state index contributed by atoms with van der Waals surface area (Å²) < 4.78 is 21.4. The van der Waals surface area contributed by atoms with Crippen LogP contribution < -0.4 is 0 Å². The highest BCUT2D eigenvalue weighted by Crippen LogP contribution is 2.31. The molecule has 0 bridgehead atoms. The average Bonchev–Trinajstić information content (AvgIpc) is 3.27. The molecule has 3 heterocycles. The van der Waals surface area contributed by atoms with Gasteiger partial charge in [-0.1, -0.05) is 19.9 Å². The Morgan fingerprint density at radius 3 is 2.54 bits per heavy atom. The molecule has 0 atom stereocenters. The van der Waals surface area contributed by atoms with Crippen molar-refractivity contribution in [3.8, 4) is 11.1 Å². The Morgan fingerprint density at radius 2 is 1.96 bits per heavy atom. The lowest BCUT2D eigenvalue weighted by Crippen LogP contribution is -2.23. The molecule has 1 aliphatic rings. The number of hydrogen-bond donors (Lipinski definition) is 0. The summed E-state index contributed by atoms with van der Waals surface area (Å²) in [7, 11) is 0. The van der Waals surface area contributed by atoms with Crippen molar-refractivity contribution in [2.24, 2.45) is 0 Å². The molecule has 6 heteroatoms. The van der Waals surface area contributed by atoms with Crippen LogP contribution in [0.15, 0.2) is 35.1 Å². The number of furan rings is 1. The second-order valence-corrected chi connectivity index (χ2v) is 4.96. The van der Waals surface area contributed by atoms with Crippen LogP contribution in [0.3, 0.4) is 0 Å². The van der Waals surface area contributed by atoms with E-state index in [0.717, 1.165) is 5.56 Å². The van der Waals surface area contributed by atoms with Gasteiger partial charge in [-0.3, -0.25) is 4.98 Å². The minimum absolute atomic E-state index is 0.177. The molecular weight excluding hydrogens is 310 g/mol. The van der Waals surface area contributed by atoms with Crippen molar-refractivity contribution >= 4 is 5.97 Å². The first-order valence-corrected chi connectivity index (χ1v) is 8.13. The molecule has 1 aliphatic heterocycles. The topological polar surface area (TPSA) is 70.8 Å². The molecule has 3 rings (SSSR count). The van der Waals surface area contributed by atoms with Crippen molar-refractivity contribution in [3.63, 3.8) is 0 Å². The number of rotatable bonds is 4. The summed E-state index contributed by atoms with van der Waals surface area (Å²) in [6, 6.07) is 5.39. The molecule has 0 aliphatic carbocycles. The summed E-state index contributed by atoms with van der Waals surface area (Å²) in [4.78, 5) is 16.2. The fourth-order valence-electron chi connectivity index (χ4n) is 2.38. The van der Waals surface area contributed by atoms with Crippen LogP contribution in [-0.2, 0) is 20.0 Å². The summed E-state index contributed by atoms with van der Waals surface area (Å²) in [5, 5.41) is 0. The lowest BCUT2D eigenvalue weighted by Gasteiger charge is -2.21. The number of aromatic nitrogens is 1. The molecule has 2 aromatic heterocycles. The van der Waals surface area contributed by atoms with Crippen LogP contribution in [0, 0.1) is 0 Å². The monoisotopic (exact) mass is 333 g/mol. The molecule has 24 heavy (non-hydrogen) atoms. The Hall–Kier alpha value is -2.18. The number of ether oxygens (including phenoxy) is 3. The van der Waals surface area contributed by atoms with Crippen LogP contribution >= 0.6 is 0 Å². The Labute approximate surface area is 141 Å². The zero-order valence-corrected chi connectivity index (χ0v) is 14.5. The molecule has 2 aromatic rings. The number of hydrogen-bond acceptors (Lipinski definition) is 6.